The third kappa shape index (κ3) is 3.25. The molecule has 0 aliphatic rings. The van der Waals surface area contributed by atoms with E-state index in [1.165, 1.54) is 6.07 Å². The molecule has 3 nitrogen and oxygen atoms in total. The Labute approximate surface area is 89.9 Å². The summed E-state index contributed by atoms with van der Waals surface area (Å²) in [6.45, 7) is 4.22. The number of hydrogen-bond donors (Lipinski definition) is 2. The number of aromatic nitrogens is 1. The first-order chi connectivity index (χ1) is 7.19. The van der Waals surface area contributed by atoms with Gasteiger partial charge in [0.1, 0.15) is 5.82 Å². The molecule has 3 N–H and O–H groups in total. The van der Waals surface area contributed by atoms with Crippen molar-refractivity contribution >= 4 is 0 Å². The Bertz CT molecular complexity index is 304. The number of pyridine rings is 1. The molecule has 1 aromatic heterocycles. The van der Waals surface area contributed by atoms with Gasteiger partial charge in [0.05, 0.1) is 11.7 Å². The molecule has 0 aliphatic carbocycles. The number of rotatable bonds is 5. The summed E-state index contributed by atoms with van der Waals surface area (Å²) in [6, 6.07) is 2.78. The Kier molecular flexibility index (Phi) is 4.65. The zero-order valence-electron chi connectivity index (χ0n) is 9.20. The fraction of sp³-hybridized carbons (Fsp3) is 0.545. The quantitative estimate of drug-likeness (QED) is 0.579. The second kappa shape index (κ2) is 5.78. The van der Waals surface area contributed by atoms with Crippen LogP contribution < -0.4 is 11.3 Å². The molecule has 1 aromatic rings. The van der Waals surface area contributed by atoms with Crippen LogP contribution in [0, 0.1) is 11.7 Å². The van der Waals surface area contributed by atoms with Crippen LogP contribution in [-0.4, -0.2) is 4.98 Å². The third-order valence-corrected chi connectivity index (χ3v) is 2.65. The standard InChI is InChI=1S/C11H18FN3/c1-3-8(2)7-10(15-13)11-9(12)5-4-6-14-11/h4-6,8,10,15H,3,7,13H2,1-2H3. The zero-order chi connectivity index (χ0) is 11.3. The number of halogens is 1. The highest BCUT2D eigenvalue weighted by molar-refractivity contribution is 5.11. The van der Waals surface area contributed by atoms with Gasteiger partial charge in [-0.25, -0.2) is 4.39 Å². The van der Waals surface area contributed by atoms with E-state index in [1.54, 1.807) is 12.3 Å². The number of nitrogens with one attached hydrogen (secondary N) is 1. The molecular weight excluding hydrogens is 193 g/mol. The van der Waals surface area contributed by atoms with Gasteiger partial charge in [0.2, 0.25) is 0 Å². The average molecular weight is 211 g/mol. The van der Waals surface area contributed by atoms with Gasteiger partial charge in [-0.15, -0.1) is 0 Å². The van der Waals surface area contributed by atoms with Crippen LogP contribution in [0.5, 0.6) is 0 Å². The molecule has 0 amide bonds. The lowest BCUT2D eigenvalue weighted by Gasteiger charge is -2.19. The van der Waals surface area contributed by atoms with Crippen LogP contribution in [0.2, 0.25) is 0 Å². The van der Waals surface area contributed by atoms with Crippen molar-refractivity contribution in [2.75, 3.05) is 0 Å². The van der Waals surface area contributed by atoms with Gasteiger partial charge in [-0.1, -0.05) is 20.3 Å². The maximum absolute atomic E-state index is 13.4. The average Bonchev–Trinajstić information content (AvgIpc) is 2.26. The maximum atomic E-state index is 13.4. The first-order valence-electron chi connectivity index (χ1n) is 5.25. The normalized spacial score (nSPS) is 14.9. The molecule has 0 spiro atoms. The highest BCUT2D eigenvalue weighted by Gasteiger charge is 2.17. The van der Waals surface area contributed by atoms with Crippen LogP contribution in [0.15, 0.2) is 18.3 Å². The predicted octanol–water partition coefficient (Wildman–Crippen LogP) is 2.16. The molecule has 84 valence electrons. The van der Waals surface area contributed by atoms with Crippen LogP contribution in [0.25, 0.3) is 0 Å². The smallest absolute Gasteiger partial charge is 0.146 e. The molecule has 4 heteroatoms. The Morgan fingerprint density at radius 1 is 1.60 bits per heavy atom. The Balaban J connectivity index is 2.78. The van der Waals surface area contributed by atoms with Crippen molar-refractivity contribution < 1.29 is 4.39 Å². The summed E-state index contributed by atoms with van der Waals surface area (Å²) in [7, 11) is 0. The Morgan fingerprint density at radius 3 is 2.87 bits per heavy atom. The van der Waals surface area contributed by atoms with Gasteiger partial charge in [-0.3, -0.25) is 16.3 Å². The van der Waals surface area contributed by atoms with Crippen molar-refractivity contribution in [3.63, 3.8) is 0 Å². The van der Waals surface area contributed by atoms with Gasteiger partial charge in [0.15, 0.2) is 0 Å². The van der Waals surface area contributed by atoms with E-state index >= 15 is 0 Å². The zero-order valence-corrected chi connectivity index (χ0v) is 9.20. The van der Waals surface area contributed by atoms with Crippen molar-refractivity contribution in [1.82, 2.24) is 10.4 Å². The second-order valence-electron chi connectivity index (χ2n) is 3.84. The van der Waals surface area contributed by atoms with E-state index in [0.717, 1.165) is 12.8 Å². The highest BCUT2D eigenvalue weighted by atomic mass is 19.1. The van der Waals surface area contributed by atoms with Gasteiger partial charge in [-0.2, -0.15) is 0 Å². The van der Waals surface area contributed by atoms with Gasteiger partial charge in [0.25, 0.3) is 0 Å². The van der Waals surface area contributed by atoms with Crippen molar-refractivity contribution in [1.29, 1.82) is 0 Å². The highest BCUT2D eigenvalue weighted by Crippen LogP contribution is 2.22. The van der Waals surface area contributed by atoms with Gasteiger partial charge in [0, 0.05) is 6.20 Å². The molecule has 0 saturated carbocycles. The lowest BCUT2D eigenvalue weighted by Crippen LogP contribution is -2.30. The molecule has 0 aliphatic heterocycles. The van der Waals surface area contributed by atoms with Crippen LogP contribution in [-0.2, 0) is 0 Å². The van der Waals surface area contributed by atoms with Crippen molar-refractivity contribution in [3.05, 3.63) is 29.8 Å². The Hall–Kier alpha value is -1.00. The monoisotopic (exact) mass is 211 g/mol. The van der Waals surface area contributed by atoms with Crippen LogP contribution in [0.1, 0.15) is 38.4 Å². The minimum Gasteiger partial charge on any atom is -0.271 e. The summed E-state index contributed by atoms with van der Waals surface area (Å²) in [4.78, 5) is 4.02. The molecule has 0 saturated heterocycles. The molecule has 1 rings (SSSR count). The minimum absolute atomic E-state index is 0.207. The van der Waals surface area contributed by atoms with E-state index in [0.29, 0.717) is 11.6 Å². The topological polar surface area (TPSA) is 50.9 Å². The third-order valence-electron chi connectivity index (χ3n) is 2.65. The molecule has 0 fully saturated rings. The maximum Gasteiger partial charge on any atom is 0.146 e. The van der Waals surface area contributed by atoms with Gasteiger partial charge >= 0.3 is 0 Å². The molecule has 15 heavy (non-hydrogen) atoms. The van der Waals surface area contributed by atoms with Gasteiger partial charge < -0.3 is 0 Å². The van der Waals surface area contributed by atoms with Crippen LogP contribution in [0.4, 0.5) is 4.39 Å². The van der Waals surface area contributed by atoms with Crippen LogP contribution in [0.3, 0.4) is 0 Å². The molecular formula is C11H18FN3. The molecule has 2 unspecified atom stereocenters. The fourth-order valence-electron chi connectivity index (χ4n) is 1.48. The summed E-state index contributed by atoms with van der Waals surface area (Å²) in [6.07, 6.45) is 3.42. The van der Waals surface area contributed by atoms with E-state index in [1.807, 2.05) is 0 Å². The summed E-state index contributed by atoms with van der Waals surface area (Å²) >= 11 is 0. The number of hydrazine groups is 1. The van der Waals surface area contributed by atoms with E-state index in [4.69, 9.17) is 5.84 Å². The lowest BCUT2D eigenvalue weighted by atomic mass is 9.97. The van der Waals surface area contributed by atoms with Crippen molar-refractivity contribution in [3.8, 4) is 0 Å². The fourth-order valence-corrected chi connectivity index (χ4v) is 1.48. The number of nitrogens with zero attached hydrogens (tertiary/aromatic N) is 1. The first kappa shape index (κ1) is 12.1. The summed E-state index contributed by atoms with van der Waals surface area (Å²) in [5.74, 6) is 5.61. The molecule has 1 heterocycles. The van der Waals surface area contributed by atoms with Crippen LogP contribution >= 0.6 is 0 Å². The van der Waals surface area contributed by atoms with E-state index in [9.17, 15) is 4.39 Å². The largest absolute Gasteiger partial charge is 0.271 e. The van der Waals surface area contributed by atoms with Crippen molar-refractivity contribution in [2.45, 2.75) is 32.7 Å². The summed E-state index contributed by atoms with van der Waals surface area (Å²) in [5, 5.41) is 0. The lowest BCUT2D eigenvalue weighted by molar-refractivity contribution is 0.389. The van der Waals surface area contributed by atoms with E-state index in [2.05, 4.69) is 24.3 Å². The summed E-state index contributed by atoms with van der Waals surface area (Å²) in [5.41, 5.74) is 3.02. The second-order valence-corrected chi connectivity index (χ2v) is 3.84. The number of hydrogen-bond acceptors (Lipinski definition) is 3. The molecule has 2 atom stereocenters. The summed E-state index contributed by atoms with van der Waals surface area (Å²) < 4.78 is 13.4. The first-order valence-corrected chi connectivity index (χ1v) is 5.25. The predicted molar refractivity (Wildman–Crippen MR) is 58.3 cm³/mol. The Morgan fingerprint density at radius 2 is 2.33 bits per heavy atom. The number of nitrogens with two attached hydrogens (primary N) is 1. The van der Waals surface area contributed by atoms with Gasteiger partial charge in [-0.05, 0) is 24.5 Å². The van der Waals surface area contributed by atoms with Crippen molar-refractivity contribution in [2.24, 2.45) is 11.8 Å². The SMILES string of the molecule is CCC(C)CC(NN)c1ncccc1F. The molecule has 0 bridgehead atoms. The minimum atomic E-state index is -0.302. The van der Waals surface area contributed by atoms with E-state index < -0.39 is 0 Å². The molecule has 0 radical (unpaired) electrons. The van der Waals surface area contributed by atoms with E-state index in [-0.39, 0.29) is 11.9 Å². The molecule has 0 aromatic carbocycles.